The SMILES string of the molecule is O=Cc1ccc(C2CCC(C(=O)O)NC2)s1. The van der Waals surface area contributed by atoms with Crippen LogP contribution in [0.3, 0.4) is 0 Å². The number of carbonyl (C=O) groups excluding carboxylic acids is 1. The Morgan fingerprint density at radius 1 is 1.50 bits per heavy atom. The van der Waals surface area contributed by atoms with E-state index in [4.69, 9.17) is 5.11 Å². The highest BCUT2D eigenvalue weighted by Gasteiger charge is 2.26. The fourth-order valence-corrected chi connectivity index (χ4v) is 2.92. The van der Waals surface area contributed by atoms with Gasteiger partial charge in [0.1, 0.15) is 6.04 Å². The average molecular weight is 239 g/mol. The summed E-state index contributed by atoms with van der Waals surface area (Å²) in [5.41, 5.74) is 0. The van der Waals surface area contributed by atoms with E-state index < -0.39 is 12.0 Å². The van der Waals surface area contributed by atoms with Gasteiger partial charge in [-0.1, -0.05) is 0 Å². The van der Waals surface area contributed by atoms with Gasteiger partial charge in [0.25, 0.3) is 0 Å². The largest absolute Gasteiger partial charge is 0.480 e. The summed E-state index contributed by atoms with van der Waals surface area (Å²) in [6, 6.07) is 3.36. The lowest BCUT2D eigenvalue weighted by molar-refractivity contribution is -0.140. The highest BCUT2D eigenvalue weighted by Crippen LogP contribution is 2.30. The van der Waals surface area contributed by atoms with Crippen LogP contribution in [0.15, 0.2) is 12.1 Å². The number of hydrogen-bond acceptors (Lipinski definition) is 4. The third kappa shape index (κ3) is 2.31. The van der Waals surface area contributed by atoms with Gasteiger partial charge in [0.05, 0.1) is 4.88 Å². The first kappa shape index (κ1) is 11.3. The van der Waals surface area contributed by atoms with Crippen molar-refractivity contribution in [1.29, 1.82) is 0 Å². The molecule has 5 heteroatoms. The molecule has 1 aliphatic rings. The van der Waals surface area contributed by atoms with Crippen LogP contribution < -0.4 is 5.32 Å². The van der Waals surface area contributed by atoms with Gasteiger partial charge in [0, 0.05) is 17.3 Å². The Labute approximate surface area is 97.3 Å². The lowest BCUT2D eigenvalue weighted by atomic mass is 9.93. The van der Waals surface area contributed by atoms with Crippen molar-refractivity contribution < 1.29 is 14.7 Å². The van der Waals surface area contributed by atoms with E-state index >= 15 is 0 Å². The maximum atomic E-state index is 10.7. The maximum absolute atomic E-state index is 10.7. The molecule has 2 heterocycles. The molecule has 2 unspecified atom stereocenters. The predicted octanol–water partition coefficient (Wildman–Crippen LogP) is 1.48. The molecular weight excluding hydrogens is 226 g/mol. The van der Waals surface area contributed by atoms with E-state index in [0.29, 0.717) is 18.9 Å². The van der Waals surface area contributed by atoms with Crippen molar-refractivity contribution in [3.8, 4) is 0 Å². The van der Waals surface area contributed by atoms with Gasteiger partial charge in [-0.3, -0.25) is 9.59 Å². The summed E-state index contributed by atoms with van der Waals surface area (Å²) in [5, 5.41) is 11.8. The lowest BCUT2D eigenvalue weighted by Crippen LogP contribution is -2.42. The van der Waals surface area contributed by atoms with Crippen LogP contribution in [0.2, 0.25) is 0 Å². The summed E-state index contributed by atoms with van der Waals surface area (Å²) in [6.07, 6.45) is 2.36. The number of thiophene rings is 1. The number of piperidine rings is 1. The third-order valence-corrected chi connectivity index (χ3v) is 4.05. The number of carbonyl (C=O) groups is 2. The molecule has 86 valence electrons. The minimum absolute atomic E-state index is 0.342. The Balaban J connectivity index is 1.98. The van der Waals surface area contributed by atoms with Gasteiger partial charge in [-0.25, -0.2) is 0 Å². The number of rotatable bonds is 3. The molecule has 2 rings (SSSR count). The summed E-state index contributed by atoms with van der Waals surface area (Å²) in [4.78, 5) is 23.2. The predicted molar refractivity (Wildman–Crippen MR) is 61.1 cm³/mol. The van der Waals surface area contributed by atoms with E-state index in [0.717, 1.165) is 17.6 Å². The molecule has 1 aromatic rings. The summed E-state index contributed by atoms with van der Waals surface area (Å²) in [5.74, 6) is -0.437. The van der Waals surface area contributed by atoms with Crippen molar-refractivity contribution in [2.75, 3.05) is 6.54 Å². The molecule has 0 amide bonds. The van der Waals surface area contributed by atoms with Gasteiger partial charge >= 0.3 is 5.97 Å². The molecule has 0 radical (unpaired) electrons. The Bertz CT molecular complexity index is 394. The van der Waals surface area contributed by atoms with Crippen molar-refractivity contribution >= 4 is 23.6 Å². The van der Waals surface area contributed by atoms with Gasteiger partial charge in [-0.05, 0) is 25.0 Å². The first-order valence-corrected chi connectivity index (χ1v) is 6.03. The van der Waals surface area contributed by atoms with Crippen molar-refractivity contribution in [3.05, 3.63) is 21.9 Å². The van der Waals surface area contributed by atoms with Gasteiger partial charge in [0.2, 0.25) is 0 Å². The maximum Gasteiger partial charge on any atom is 0.320 e. The number of hydrogen-bond donors (Lipinski definition) is 2. The summed E-state index contributed by atoms with van der Waals surface area (Å²) >= 11 is 1.49. The zero-order valence-corrected chi connectivity index (χ0v) is 9.50. The topological polar surface area (TPSA) is 66.4 Å². The minimum Gasteiger partial charge on any atom is -0.480 e. The van der Waals surface area contributed by atoms with Crippen LogP contribution in [0.25, 0.3) is 0 Å². The van der Waals surface area contributed by atoms with Gasteiger partial charge in [-0.15, -0.1) is 11.3 Å². The Kier molecular flexibility index (Phi) is 3.36. The first-order valence-electron chi connectivity index (χ1n) is 5.22. The highest BCUT2D eigenvalue weighted by molar-refractivity contribution is 7.13. The van der Waals surface area contributed by atoms with Crippen molar-refractivity contribution in [1.82, 2.24) is 5.32 Å². The molecule has 0 aromatic carbocycles. The summed E-state index contributed by atoms with van der Waals surface area (Å²) in [6.45, 7) is 0.676. The highest BCUT2D eigenvalue weighted by atomic mass is 32.1. The van der Waals surface area contributed by atoms with E-state index in [1.165, 1.54) is 16.2 Å². The summed E-state index contributed by atoms with van der Waals surface area (Å²) in [7, 11) is 0. The lowest BCUT2D eigenvalue weighted by Gasteiger charge is -2.26. The molecule has 0 bridgehead atoms. The zero-order valence-electron chi connectivity index (χ0n) is 8.68. The molecule has 1 saturated heterocycles. The molecule has 2 N–H and O–H groups in total. The number of carboxylic acid groups (broad SMARTS) is 1. The van der Waals surface area contributed by atoms with Crippen LogP contribution in [-0.2, 0) is 4.79 Å². The zero-order chi connectivity index (χ0) is 11.5. The van der Waals surface area contributed by atoms with Crippen molar-refractivity contribution in [3.63, 3.8) is 0 Å². The van der Waals surface area contributed by atoms with E-state index in [-0.39, 0.29) is 0 Å². The molecule has 4 nitrogen and oxygen atoms in total. The Hall–Kier alpha value is -1.20. The monoisotopic (exact) mass is 239 g/mol. The van der Waals surface area contributed by atoms with Gasteiger partial charge in [-0.2, -0.15) is 0 Å². The fourth-order valence-electron chi connectivity index (χ4n) is 1.96. The number of aldehydes is 1. The van der Waals surface area contributed by atoms with Crippen LogP contribution >= 0.6 is 11.3 Å². The van der Waals surface area contributed by atoms with Crippen LogP contribution in [0.5, 0.6) is 0 Å². The smallest absolute Gasteiger partial charge is 0.320 e. The van der Waals surface area contributed by atoms with E-state index in [1.807, 2.05) is 12.1 Å². The van der Waals surface area contributed by atoms with E-state index in [9.17, 15) is 9.59 Å². The number of nitrogens with one attached hydrogen (secondary N) is 1. The number of aliphatic carboxylic acids is 1. The van der Waals surface area contributed by atoms with Gasteiger partial charge in [0.15, 0.2) is 6.29 Å². The molecule has 0 spiro atoms. The second kappa shape index (κ2) is 4.76. The molecule has 0 saturated carbocycles. The molecule has 0 aliphatic carbocycles. The second-order valence-corrected chi connectivity index (χ2v) is 5.08. The quantitative estimate of drug-likeness (QED) is 0.784. The fraction of sp³-hybridized carbons (Fsp3) is 0.455. The Morgan fingerprint density at radius 2 is 2.31 bits per heavy atom. The standard InChI is InChI=1S/C11H13NO3S/c13-6-8-2-4-10(16-8)7-1-3-9(11(14)15)12-5-7/h2,4,6-7,9,12H,1,3,5H2,(H,14,15). The van der Waals surface area contributed by atoms with E-state index in [2.05, 4.69) is 5.32 Å². The molecule has 1 aromatic heterocycles. The minimum atomic E-state index is -0.779. The van der Waals surface area contributed by atoms with Crippen LogP contribution in [0.4, 0.5) is 0 Å². The third-order valence-electron chi connectivity index (χ3n) is 2.88. The van der Waals surface area contributed by atoms with E-state index in [1.54, 1.807) is 0 Å². The molecule has 1 fully saturated rings. The molecular formula is C11H13NO3S. The molecule has 2 atom stereocenters. The number of carboxylic acids is 1. The summed E-state index contributed by atoms with van der Waals surface area (Å²) < 4.78 is 0. The van der Waals surface area contributed by atoms with Crippen LogP contribution in [0.1, 0.15) is 33.3 Å². The molecule has 16 heavy (non-hydrogen) atoms. The molecule has 1 aliphatic heterocycles. The van der Waals surface area contributed by atoms with Crippen molar-refractivity contribution in [2.45, 2.75) is 24.8 Å². The van der Waals surface area contributed by atoms with Gasteiger partial charge < -0.3 is 10.4 Å². The van der Waals surface area contributed by atoms with Crippen LogP contribution in [0, 0.1) is 0 Å². The average Bonchev–Trinajstić information content (AvgIpc) is 2.77. The van der Waals surface area contributed by atoms with Crippen molar-refractivity contribution in [2.24, 2.45) is 0 Å². The first-order chi connectivity index (χ1) is 7.70. The normalized spacial score (nSPS) is 25.2. The second-order valence-electron chi connectivity index (χ2n) is 3.93. The Morgan fingerprint density at radius 3 is 2.81 bits per heavy atom. The van der Waals surface area contributed by atoms with Crippen LogP contribution in [-0.4, -0.2) is 29.9 Å².